The lowest BCUT2D eigenvalue weighted by molar-refractivity contribution is -0.130. The van der Waals surface area contributed by atoms with Gasteiger partial charge in [0.2, 0.25) is 5.91 Å². The predicted molar refractivity (Wildman–Crippen MR) is 69.4 cm³/mol. The zero-order valence-corrected chi connectivity index (χ0v) is 11.0. The highest BCUT2D eigenvalue weighted by Gasteiger charge is 2.30. The Balaban J connectivity index is 2.23. The predicted octanol–water partition coefficient (Wildman–Crippen LogP) is -0.785. The second kappa shape index (κ2) is 5.63. The Kier molecular flexibility index (Phi) is 3.92. The number of hydrogen-bond donors (Lipinski definition) is 1. The van der Waals surface area contributed by atoms with E-state index in [1.165, 1.54) is 6.20 Å². The summed E-state index contributed by atoms with van der Waals surface area (Å²) < 4.78 is 0. The van der Waals surface area contributed by atoms with E-state index >= 15 is 0 Å². The number of carbonyl (C=O) groups is 1. The summed E-state index contributed by atoms with van der Waals surface area (Å²) in [6, 6.07) is 1.64. The summed E-state index contributed by atoms with van der Waals surface area (Å²) >= 11 is 0. The molecule has 1 saturated heterocycles. The van der Waals surface area contributed by atoms with Gasteiger partial charge in [-0.1, -0.05) is 0 Å². The first-order chi connectivity index (χ1) is 9.13. The van der Waals surface area contributed by atoms with Crippen molar-refractivity contribution >= 4 is 11.7 Å². The van der Waals surface area contributed by atoms with Crippen molar-refractivity contribution in [1.29, 1.82) is 5.26 Å². The van der Waals surface area contributed by atoms with E-state index in [-0.39, 0.29) is 17.6 Å². The van der Waals surface area contributed by atoms with Crippen molar-refractivity contribution in [3.63, 3.8) is 0 Å². The van der Waals surface area contributed by atoms with E-state index in [9.17, 15) is 4.79 Å². The van der Waals surface area contributed by atoms with Gasteiger partial charge in [-0.05, 0) is 0 Å². The third-order valence-corrected chi connectivity index (χ3v) is 3.02. The Bertz CT molecular complexity index is 492. The van der Waals surface area contributed by atoms with Gasteiger partial charge in [0.1, 0.15) is 17.9 Å². The molecule has 1 aliphatic rings. The quantitative estimate of drug-likeness (QED) is 0.750. The van der Waals surface area contributed by atoms with E-state index in [1.54, 1.807) is 25.2 Å². The Labute approximate surface area is 111 Å². The van der Waals surface area contributed by atoms with E-state index in [2.05, 4.69) is 15.3 Å². The fraction of sp³-hybridized carbons (Fsp3) is 0.500. The largest absolute Gasteiger partial charge is 0.347 e. The standard InChI is InChI=1S/C12H16N6O/c1-17(2)12(19)10-7-14-3-4-18(10)11-8-15-9(5-13)6-16-11/h6,8,10,14H,3-4,7H2,1-2H3. The van der Waals surface area contributed by atoms with Crippen molar-refractivity contribution in [2.24, 2.45) is 0 Å². The molecule has 0 spiro atoms. The van der Waals surface area contributed by atoms with Gasteiger partial charge in [0, 0.05) is 33.7 Å². The van der Waals surface area contributed by atoms with Crippen LogP contribution in [0.1, 0.15) is 5.69 Å². The molecule has 2 heterocycles. The molecule has 1 aromatic rings. The highest BCUT2D eigenvalue weighted by molar-refractivity contribution is 5.85. The lowest BCUT2D eigenvalue weighted by atomic mass is 10.1. The first-order valence-corrected chi connectivity index (χ1v) is 6.04. The lowest BCUT2D eigenvalue weighted by Crippen LogP contribution is -2.58. The summed E-state index contributed by atoms with van der Waals surface area (Å²) in [5, 5.41) is 11.9. The summed E-state index contributed by atoms with van der Waals surface area (Å²) in [5.41, 5.74) is 0.273. The molecule has 0 aliphatic carbocycles. The zero-order chi connectivity index (χ0) is 13.8. The molecule has 1 N–H and O–H groups in total. The van der Waals surface area contributed by atoms with Crippen LogP contribution in [0.25, 0.3) is 0 Å². The number of rotatable bonds is 2. The maximum atomic E-state index is 12.1. The van der Waals surface area contributed by atoms with Crippen LogP contribution in [0.3, 0.4) is 0 Å². The number of aromatic nitrogens is 2. The Morgan fingerprint density at radius 1 is 1.53 bits per heavy atom. The molecule has 19 heavy (non-hydrogen) atoms. The van der Waals surface area contributed by atoms with Crippen molar-refractivity contribution in [3.05, 3.63) is 18.1 Å². The average Bonchev–Trinajstić information content (AvgIpc) is 2.46. The van der Waals surface area contributed by atoms with Crippen molar-refractivity contribution in [1.82, 2.24) is 20.2 Å². The molecule has 7 nitrogen and oxygen atoms in total. The summed E-state index contributed by atoms with van der Waals surface area (Å²) in [6.07, 6.45) is 2.97. The molecule has 1 amide bonds. The molecular formula is C12H16N6O. The van der Waals surface area contributed by atoms with Crippen LogP contribution in [-0.4, -0.2) is 60.5 Å². The number of nitriles is 1. The van der Waals surface area contributed by atoms with Gasteiger partial charge in [-0.15, -0.1) is 0 Å². The molecule has 2 rings (SSSR count). The van der Waals surface area contributed by atoms with Gasteiger partial charge in [-0.2, -0.15) is 5.26 Å². The Hall–Kier alpha value is -2.20. The van der Waals surface area contributed by atoms with Gasteiger partial charge in [-0.25, -0.2) is 9.97 Å². The summed E-state index contributed by atoms with van der Waals surface area (Å²) in [5.74, 6) is 0.652. The number of amides is 1. The molecule has 1 aromatic heterocycles. The number of nitrogens with one attached hydrogen (secondary N) is 1. The summed E-state index contributed by atoms with van der Waals surface area (Å²) in [6.45, 7) is 2.06. The van der Waals surface area contributed by atoms with Gasteiger partial charge in [0.05, 0.1) is 12.4 Å². The van der Waals surface area contributed by atoms with Gasteiger partial charge in [-0.3, -0.25) is 4.79 Å². The molecule has 0 aromatic carbocycles. The summed E-state index contributed by atoms with van der Waals surface area (Å²) in [4.78, 5) is 23.9. The van der Waals surface area contributed by atoms with Crippen LogP contribution < -0.4 is 10.2 Å². The van der Waals surface area contributed by atoms with E-state index in [1.807, 2.05) is 11.0 Å². The van der Waals surface area contributed by atoms with Gasteiger partial charge < -0.3 is 15.1 Å². The normalized spacial score (nSPS) is 18.8. The fourth-order valence-corrected chi connectivity index (χ4v) is 2.02. The van der Waals surface area contributed by atoms with Crippen molar-refractivity contribution < 1.29 is 4.79 Å². The second-order valence-electron chi connectivity index (χ2n) is 4.52. The maximum absolute atomic E-state index is 12.1. The van der Waals surface area contributed by atoms with Gasteiger partial charge >= 0.3 is 0 Å². The number of hydrogen-bond acceptors (Lipinski definition) is 6. The van der Waals surface area contributed by atoms with Crippen LogP contribution >= 0.6 is 0 Å². The van der Waals surface area contributed by atoms with E-state index < -0.39 is 0 Å². The third-order valence-electron chi connectivity index (χ3n) is 3.02. The van der Waals surface area contributed by atoms with Gasteiger partial charge in [0.25, 0.3) is 0 Å². The SMILES string of the molecule is CN(C)C(=O)C1CNCCN1c1cnc(C#N)cn1. The van der Waals surface area contributed by atoms with E-state index in [0.717, 1.165) is 6.54 Å². The molecule has 1 fully saturated rings. The minimum atomic E-state index is -0.286. The molecule has 1 atom stereocenters. The van der Waals surface area contributed by atoms with Crippen LogP contribution in [-0.2, 0) is 4.79 Å². The second-order valence-corrected chi connectivity index (χ2v) is 4.52. The Morgan fingerprint density at radius 2 is 2.32 bits per heavy atom. The van der Waals surface area contributed by atoms with Crippen LogP contribution in [0.15, 0.2) is 12.4 Å². The topological polar surface area (TPSA) is 85.2 Å². The molecule has 0 bridgehead atoms. The minimum Gasteiger partial charge on any atom is -0.347 e. The van der Waals surface area contributed by atoms with Crippen molar-refractivity contribution in [2.45, 2.75) is 6.04 Å². The van der Waals surface area contributed by atoms with Crippen LogP contribution in [0.2, 0.25) is 0 Å². The molecule has 0 saturated carbocycles. The van der Waals surface area contributed by atoms with Crippen molar-refractivity contribution in [3.8, 4) is 6.07 Å². The van der Waals surface area contributed by atoms with Crippen LogP contribution in [0, 0.1) is 11.3 Å². The number of carbonyl (C=O) groups excluding carboxylic acids is 1. The highest BCUT2D eigenvalue weighted by Crippen LogP contribution is 2.15. The van der Waals surface area contributed by atoms with Crippen LogP contribution in [0.5, 0.6) is 0 Å². The molecular weight excluding hydrogens is 244 g/mol. The number of likely N-dealkylation sites (N-methyl/N-ethyl adjacent to an activating group) is 1. The maximum Gasteiger partial charge on any atom is 0.246 e. The number of piperazine rings is 1. The Morgan fingerprint density at radius 3 is 2.89 bits per heavy atom. The molecule has 7 heteroatoms. The molecule has 0 radical (unpaired) electrons. The third kappa shape index (κ3) is 2.80. The average molecular weight is 260 g/mol. The summed E-state index contributed by atoms with van der Waals surface area (Å²) in [7, 11) is 3.47. The van der Waals surface area contributed by atoms with Crippen molar-refractivity contribution in [2.75, 3.05) is 38.6 Å². The zero-order valence-electron chi connectivity index (χ0n) is 11.0. The first-order valence-electron chi connectivity index (χ1n) is 6.04. The number of anilines is 1. The monoisotopic (exact) mass is 260 g/mol. The lowest BCUT2D eigenvalue weighted by Gasteiger charge is -2.37. The molecule has 1 unspecified atom stereocenters. The smallest absolute Gasteiger partial charge is 0.246 e. The highest BCUT2D eigenvalue weighted by atomic mass is 16.2. The first kappa shape index (κ1) is 13.2. The molecule has 100 valence electrons. The molecule has 1 aliphatic heterocycles. The van der Waals surface area contributed by atoms with E-state index in [4.69, 9.17) is 5.26 Å². The van der Waals surface area contributed by atoms with E-state index in [0.29, 0.717) is 18.9 Å². The fourth-order valence-electron chi connectivity index (χ4n) is 2.02. The minimum absolute atomic E-state index is 0.0263. The van der Waals surface area contributed by atoms with Crippen LogP contribution in [0.4, 0.5) is 5.82 Å². The van der Waals surface area contributed by atoms with Gasteiger partial charge in [0.15, 0.2) is 5.69 Å². The number of nitrogens with zero attached hydrogens (tertiary/aromatic N) is 5.